The van der Waals surface area contributed by atoms with Gasteiger partial charge in [-0.1, -0.05) is 42.0 Å². The summed E-state index contributed by atoms with van der Waals surface area (Å²) in [6, 6.07) is 17.5. The molecule has 0 spiro atoms. The number of para-hydroxylation sites is 2. The average Bonchev–Trinajstić information content (AvgIpc) is 3.15. The molecule has 2 heterocycles. The number of aryl methyl sites for hydroxylation is 1. The third-order valence-electron chi connectivity index (χ3n) is 4.82. The Balaban J connectivity index is 1.54. The molecular formula is C22H22N2O2S2. The zero-order valence-corrected chi connectivity index (χ0v) is 17.3. The molecule has 1 aliphatic heterocycles. The van der Waals surface area contributed by atoms with Crippen LogP contribution in [-0.4, -0.2) is 15.0 Å². The maximum Gasteiger partial charge on any atom is 0.255 e. The van der Waals surface area contributed by atoms with Crippen LogP contribution < -0.4 is 9.62 Å². The maximum atomic E-state index is 12.6. The van der Waals surface area contributed by atoms with E-state index in [1.54, 1.807) is 17.4 Å². The minimum absolute atomic E-state index is 0.606. The number of sulfonamides is 1. The molecule has 0 aliphatic carbocycles. The van der Waals surface area contributed by atoms with Crippen molar-refractivity contribution in [2.24, 2.45) is 0 Å². The van der Waals surface area contributed by atoms with Crippen molar-refractivity contribution in [3.63, 3.8) is 0 Å². The topological polar surface area (TPSA) is 49.4 Å². The van der Waals surface area contributed by atoms with Crippen LogP contribution in [0.4, 0.5) is 11.4 Å². The molecule has 0 radical (unpaired) electrons. The molecule has 4 nitrogen and oxygen atoms in total. The van der Waals surface area contributed by atoms with Crippen molar-refractivity contribution in [1.29, 1.82) is 0 Å². The van der Waals surface area contributed by atoms with Crippen molar-refractivity contribution in [2.45, 2.75) is 19.9 Å². The Morgan fingerprint density at radius 1 is 1.07 bits per heavy atom. The first-order valence-electron chi connectivity index (χ1n) is 9.17. The maximum absolute atomic E-state index is 12.6. The number of nitrogens with zero attached hydrogens (tertiary/aromatic N) is 1. The Labute approximate surface area is 170 Å². The van der Waals surface area contributed by atoms with Crippen molar-refractivity contribution in [2.75, 3.05) is 16.2 Å². The molecule has 144 valence electrons. The molecule has 3 aromatic rings. The second-order valence-corrected chi connectivity index (χ2v) is 9.49. The summed E-state index contributed by atoms with van der Waals surface area (Å²) in [5.74, 6) is 0. The SMILES string of the molecule is Cc1ccc(/C=C/S(=O)(=O)Nc2ccccc2N2CCc3sccc3C2)cc1. The fraction of sp³-hybridized carbons (Fsp3) is 0.182. The van der Waals surface area contributed by atoms with Crippen LogP contribution in [0.2, 0.25) is 0 Å². The highest BCUT2D eigenvalue weighted by molar-refractivity contribution is 7.95. The Kier molecular flexibility index (Phi) is 5.24. The van der Waals surface area contributed by atoms with E-state index in [1.807, 2.05) is 55.5 Å². The molecule has 0 fully saturated rings. The van der Waals surface area contributed by atoms with Gasteiger partial charge in [-0.25, -0.2) is 8.42 Å². The molecule has 1 aliphatic rings. The Bertz CT molecular complexity index is 1100. The van der Waals surface area contributed by atoms with Gasteiger partial charge in [-0.05, 0) is 54.1 Å². The summed E-state index contributed by atoms with van der Waals surface area (Å²) in [7, 11) is -3.61. The highest BCUT2D eigenvalue weighted by Gasteiger charge is 2.20. The standard InChI is InChI=1S/C22H22N2O2S2/c1-17-6-8-18(9-7-17)12-15-28(25,26)23-20-4-2-3-5-21(20)24-13-10-22-19(16-24)11-14-27-22/h2-9,11-12,14-15,23H,10,13,16H2,1H3/b15-12+. The van der Waals surface area contributed by atoms with Crippen molar-refractivity contribution >= 4 is 38.8 Å². The van der Waals surface area contributed by atoms with Gasteiger partial charge < -0.3 is 4.90 Å². The van der Waals surface area contributed by atoms with E-state index in [-0.39, 0.29) is 0 Å². The lowest BCUT2D eigenvalue weighted by Gasteiger charge is -2.30. The number of nitrogens with one attached hydrogen (secondary N) is 1. The number of rotatable bonds is 5. The highest BCUT2D eigenvalue weighted by atomic mass is 32.2. The minimum Gasteiger partial charge on any atom is -0.365 e. The lowest BCUT2D eigenvalue weighted by atomic mass is 10.1. The van der Waals surface area contributed by atoms with E-state index >= 15 is 0 Å². The summed E-state index contributed by atoms with van der Waals surface area (Å²) in [5.41, 5.74) is 4.84. The van der Waals surface area contributed by atoms with E-state index in [4.69, 9.17) is 0 Å². The second kappa shape index (κ2) is 7.81. The van der Waals surface area contributed by atoms with E-state index in [1.165, 1.54) is 15.8 Å². The van der Waals surface area contributed by atoms with E-state index in [2.05, 4.69) is 21.1 Å². The number of anilines is 2. The van der Waals surface area contributed by atoms with Gasteiger partial charge in [-0.3, -0.25) is 4.72 Å². The van der Waals surface area contributed by atoms with Gasteiger partial charge in [-0.2, -0.15) is 0 Å². The first-order chi connectivity index (χ1) is 13.5. The Morgan fingerprint density at radius 2 is 1.86 bits per heavy atom. The zero-order chi connectivity index (χ0) is 19.6. The molecule has 6 heteroatoms. The molecule has 0 unspecified atom stereocenters. The summed E-state index contributed by atoms with van der Waals surface area (Å²) < 4.78 is 28.0. The monoisotopic (exact) mass is 410 g/mol. The van der Waals surface area contributed by atoms with Gasteiger partial charge in [0, 0.05) is 18.0 Å². The fourth-order valence-electron chi connectivity index (χ4n) is 3.32. The molecule has 1 aromatic heterocycles. The van der Waals surface area contributed by atoms with Crippen LogP contribution in [-0.2, 0) is 23.0 Å². The van der Waals surface area contributed by atoms with Crippen LogP contribution in [0.15, 0.2) is 65.4 Å². The zero-order valence-electron chi connectivity index (χ0n) is 15.6. The average molecular weight is 411 g/mol. The molecule has 0 atom stereocenters. The number of hydrogen-bond acceptors (Lipinski definition) is 4. The van der Waals surface area contributed by atoms with E-state index in [0.717, 1.165) is 36.3 Å². The van der Waals surface area contributed by atoms with Gasteiger partial charge in [0.05, 0.1) is 16.8 Å². The van der Waals surface area contributed by atoms with Crippen LogP contribution in [0.5, 0.6) is 0 Å². The van der Waals surface area contributed by atoms with Gasteiger partial charge >= 0.3 is 0 Å². The predicted molar refractivity (Wildman–Crippen MR) is 118 cm³/mol. The summed E-state index contributed by atoms with van der Waals surface area (Å²) in [4.78, 5) is 3.66. The van der Waals surface area contributed by atoms with Gasteiger partial charge in [0.15, 0.2) is 0 Å². The largest absolute Gasteiger partial charge is 0.365 e. The summed E-state index contributed by atoms with van der Waals surface area (Å²) in [5, 5.41) is 3.35. The predicted octanol–water partition coefficient (Wildman–Crippen LogP) is 5.03. The van der Waals surface area contributed by atoms with Crippen molar-refractivity contribution in [3.05, 3.63) is 87.0 Å². The molecule has 0 saturated heterocycles. The minimum atomic E-state index is -3.61. The Hall–Kier alpha value is -2.57. The van der Waals surface area contributed by atoms with Crippen molar-refractivity contribution in [3.8, 4) is 0 Å². The second-order valence-electron chi connectivity index (χ2n) is 6.92. The van der Waals surface area contributed by atoms with Crippen LogP contribution >= 0.6 is 11.3 Å². The lowest BCUT2D eigenvalue weighted by Crippen LogP contribution is -2.30. The quantitative estimate of drug-likeness (QED) is 0.642. The fourth-order valence-corrected chi connectivity index (χ4v) is 5.10. The molecule has 4 rings (SSSR count). The summed E-state index contributed by atoms with van der Waals surface area (Å²) >= 11 is 1.79. The molecule has 0 bridgehead atoms. The number of thiophene rings is 1. The number of hydrogen-bond donors (Lipinski definition) is 1. The van der Waals surface area contributed by atoms with E-state index in [0.29, 0.717) is 5.69 Å². The summed E-state index contributed by atoms with van der Waals surface area (Å²) in [6.45, 7) is 3.69. The van der Waals surface area contributed by atoms with Crippen LogP contribution in [0, 0.1) is 6.92 Å². The first kappa shape index (κ1) is 18.8. The van der Waals surface area contributed by atoms with E-state index < -0.39 is 10.0 Å². The third kappa shape index (κ3) is 4.29. The molecule has 1 N–H and O–H groups in total. The van der Waals surface area contributed by atoms with Gasteiger partial charge in [0.25, 0.3) is 10.0 Å². The first-order valence-corrected chi connectivity index (χ1v) is 11.6. The normalized spacial score (nSPS) is 14.2. The molecule has 0 saturated carbocycles. The summed E-state index contributed by atoms with van der Waals surface area (Å²) in [6.07, 6.45) is 2.60. The smallest absolute Gasteiger partial charge is 0.255 e. The highest BCUT2D eigenvalue weighted by Crippen LogP contribution is 2.32. The number of fused-ring (bicyclic) bond motifs is 1. The van der Waals surface area contributed by atoms with Gasteiger partial charge in [-0.15, -0.1) is 11.3 Å². The van der Waals surface area contributed by atoms with Crippen molar-refractivity contribution < 1.29 is 8.42 Å². The van der Waals surface area contributed by atoms with Crippen LogP contribution in [0.3, 0.4) is 0 Å². The van der Waals surface area contributed by atoms with Crippen LogP contribution in [0.1, 0.15) is 21.6 Å². The van der Waals surface area contributed by atoms with E-state index in [9.17, 15) is 8.42 Å². The molecular weight excluding hydrogens is 388 g/mol. The third-order valence-corrected chi connectivity index (χ3v) is 6.84. The molecule has 0 amide bonds. The molecule has 2 aromatic carbocycles. The van der Waals surface area contributed by atoms with Gasteiger partial charge in [0.1, 0.15) is 0 Å². The molecule has 28 heavy (non-hydrogen) atoms. The van der Waals surface area contributed by atoms with Crippen LogP contribution in [0.25, 0.3) is 6.08 Å². The number of benzene rings is 2. The Morgan fingerprint density at radius 3 is 2.68 bits per heavy atom. The van der Waals surface area contributed by atoms with Crippen molar-refractivity contribution in [1.82, 2.24) is 0 Å². The lowest BCUT2D eigenvalue weighted by molar-refractivity contribution is 0.609. The van der Waals surface area contributed by atoms with Gasteiger partial charge in [0.2, 0.25) is 0 Å².